The monoisotopic (exact) mass is 233 g/mol. The predicted molar refractivity (Wildman–Crippen MR) is 68.3 cm³/mol. The summed E-state index contributed by atoms with van der Waals surface area (Å²) < 4.78 is 5.25. The summed E-state index contributed by atoms with van der Waals surface area (Å²) in [7, 11) is 1.58. The number of ether oxygens (including phenoxy) is 1. The van der Waals surface area contributed by atoms with Crippen molar-refractivity contribution in [1.29, 1.82) is 0 Å². The highest BCUT2D eigenvalue weighted by Crippen LogP contribution is 2.23. The van der Waals surface area contributed by atoms with E-state index in [-0.39, 0.29) is 0 Å². The number of methoxy groups -OCH3 is 1. The Bertz CT molecular complexity index is 472. The Labute approximate surface area is 100 Å². The van der Waals surface area contributed by atoms with E-state index in [0.717, 1.165) is 22.9 Å². The van der Waals surface area contributed by atoms with Gasteiger partial charge in [-0.1, -0.05) is 23.8 Å². The number of benzene rings is 1. The Morgan fingerprint density at radius 2 is 2.12 bits per heavy atom. The molecule has 0 saturated heterocycles. The number of hydrogen-bond acceptors (Lipinski definition) is 3. The fraction of sp³-hybridized carbons (Fsp3) is 0.231. The molecule has 0 aliphatic carbocycles. The van der Waals surface area contributed by atoms with Crippen LogP contribution in [0.3, 0.4) is 0 Å². The SMILES string of the molecule is COc1cc(/C=C/[N+](=O)[O-])ccc1C=C(C)C. The average molecular weight is 233 g/mol. The predicted octanol–water partition coefficient (Wildman–Crippen LogP) is 3.37. The summed E-state index contributed by atoms with van der Waals surface area (Å²) in [6.45, 7) is 4.00. The third-order valence-electron chi connectivity index (χ3n) is 2.09. The molecule has 4 heteroatoms. The highest BCUT2D eigenvalue weighted by Gasteiger charge is 2.01. The zero-order valence-electron chi connectivity index (χ0n) is 10.1. The number of nitrogens with zero attached hydrogens (tertiary/aromatic N) is 1. The molecule has 0 aromatic heterocycles. The van der Waals surface area contributed by atoms with Gasteiger partial charge in [-0.25, -0.2) is 0 Å². The average Bonchev–Trinajstić information content (AvgIpc) is 2.26. The van der Waals surface area contributed by atoms with Crippen LogP contribution in [0.2, 0.25) is 0 Å². The molecule has 0 aliphatic heterocycles. The normalized spacial score (nSPS) is 10.3. The smallest absolute Gasteiger partial charge is 0.235 e. The van der Waals surface area contributed by atoms with Crippen molar-refractivity contribution in [3.05, 3.63) is 51.2 Å². The second-order valence-corrected chi connectivity index (χ2v) is 3.82. The van der Waals surface area contributed by atoms with Crippen molar-refractivity contribution >= 4 is 12.2 Å². The minimum atomic E-state index is -0.490. The first kappa shape index (κ1) is 13.0. The van der Waals surface area contributed by atoms with Gasteiger partial charge in [-0.3, -0.25) is 10.1 Å². The summed E-state index contributed by atoms with van der Waals surface area (Å²) in [5.41, 5.74) is 2.87. The molecule has 1 aromatic carbocycles. The van der Waals surface area contributed by atoms with Crippen LogP contribution in [0.4, 0.5) is 0 Å². The van der Waals surface area contributed by atoms with Crippen molar-refractivity contribution in [1.82, 2.24) is 0 Å². The van der Waals surface area contributed by atoms with E-state index in [1.54, 1.807) is 13.2 Å². The largest absolute Gasteiger partial charge is 0.496 e. The standard InChI is InChI=1S/C13H15NO3/c1-10(2)8-12-5-4-11(6-7-14(15)16)9-13(12)17-3/h4-9H,1-3H3/b7-6+. The van der Waals surface area contributed by atoms with E-state index >= 15 is 0 Å². The lowest BCUT2D eigenvalue weighted by molar-refractivity contribution is -0.400. The molecule has 0 unspecified atom stereocenters. The Balaban J connectivity index is 3.08. The second-order valence-electron chi connectivity index (χ2n) is 3.82. The number of nitro groups is 1. The van der Waals surface area contributed by atoms with Crippen molar-refractivity contribution in [3.8, 4) is 5.75 Å². The van der Waals surface area contributed by atoms with Crippen molar-refractivity contribution in [2.45, 2.75) is 13.8 Å². The summed E-state index contributed by atoms with van der Waals surface area (Å²) >= 11 is 0. The third kappa shape index (κ3) is 4.10. The van der Waals surface area contributed by atoms with Crippen molar-refractivity contribution in [3.63, 3.8) is 0 Å². The quantitative estimate of drug-likeness (QED) is 0.591. The van der Waals surface area contributed by atoms with Crippen molar-refractivity contribution in [2.24, 2.45) is 0 Å². The van der Waals surface area contributed by atoms with Crippen LogP contribution < -0.4 is 4.74 Å². The molecule has 0 fully saturated rings. The molecule has 1 aromatic rings. The molecule has 0 heterocycles. The van der Waals surface area contributed by atoms with Gasteiger partial charge in [0.25, 0.3) is 0 Å². The molecule has 0 atom stereocenters. The van der Waals surface area contributed by atoms with Crippen LogP contribution in [0, 0.1) is 10.1 Å². The van der Waals surface area contributed by atoms with Crippen LogP contribution in [-0.4, -0.2) is 12.0 Å². The first-order chi connectivity index (χ1) is 8.02. The first-order valence-electron chi connectivity index (χ1n) is 5.17. The maximum Gasteiger partial charge on any atom is 0.235 e. The zero-order chi connectivity index (χ0) is 12.8. The van der Waals surface area contributed by atoms with E-state index in [0.29, 0.717) is 5.75 Å². The van der Waals surface area contributed by atoms with Gasteiger partial charge >= 0.3 is 0 Å². The highest BCUT2D eigenvalue weighted by atomic mass is 16.6. The second kappa shape index (κ2) is 5.84. The lowest BCUT2D eigenvalue weighted by Gasteiger charge is -2.06. The summed E-state index contributed by atoms with van der Waals surface area (Å²) in [5, 5.41) is 10.2. The van der Waals surface area contributed by atoms with Gasteiger partial charge in [0.05, 0.1) is 12.0 Å². The Kier molecular flexibility index (Phi) is 4.46. The van der Waals surface area contributed by atoms with Crippen molar-refractivity contribution in [2.75, 3.05) is 7.11 Å². The molecular formula is C13H15NO3. The van der Waals surface area contributed by atoms with Crippen LogP contribution in [0.15, 0.2) is 30.0 Å². The maximum absolute atomic E-state index is 10.2. The van der Waals surface area contributed by atoms with Gasteiger partial charge in [-0.2, -0.15) is 0 Å². The van der Waals surface area contributed by atoms with Crippen LogP contribution in [0.25, 0.3) is 12.2 Å². The Morgan fingerprint density at radius 3 is 2.65 bits per heavy atom. The number of allylic oxidation sites excluding steroid dienone is 1. The third-order valence-corrected chi connectivity index (χ3v) is 2.09. The van der Waals surface area contributed by atoms with E-state index in [9.17, 15) is 10.1 Å². The Morgan fingerprint density at radius 1 is 1.41 bits per heavy atom. The fourth-order valence-corrected chi connectivity index (χ4v) is 1.41. The molecule has 4 nitrogen and oxygen atoms in total. The van der Waals surface area contributed by atoms with Crippen LogP contribution >= 0.6 is 0 Å². The number of rotatable bonds is 4. The number of hydrogen-bond donors (Lipinski definition) is 0. The highest BCUT2D eigenvalue weighted by molar-refractivity contribution is 5.63. The van der Waals surface area contributed by atoms with Gasteiger partial charge in [-0.05, 0) is 25.5 Å². The van der Waals surface area contributed by atoms with E-state index in [1.165, 1.54) is 6.08 Å². The molecule has 0 amide bonds. The summed E-state index contributed by atoms with van der Waals surface area (Å²) in [6.07, 6.45) is 4.35. The first-order valence-corrected chi connectivity index (χ1v) is 5.17. The zero-order valence-corrected chi connectivity index (χ0v) is 10.1. The van der Waals surface area contributed by atoms with Crippen LogP contribution in [0.5, 0.6) is 5.75 Å². The minimum Gasteiger partial charge on any atom is -0.496 e. The van der Waals surface area contributed by atoms with Gasteiger partial charge in [-0.15, -0.1) is 0 Å². The molecule has 90 valence electrons. The maximum atomic E-state index is 10.2. The molecular weight excluding hydrogens is 218 g/mol. The summed E-state index contributed by atoms with van der Waals surface area (Å²) in [6, 6.07) is 5.47. The minimum absolute atomic E-state index is 0.490. The molecule has 0 bridgehead atoms. The topological polar surface area (TPSA) is 52.4 Å². The van der Waals surface area contributed by atoms with E-state index < -0.39 is 4.92 Å². The van der Waals surface area contributed by atoms with Gasteiger partial charge in [0.1, 0.15) is 5.75 Å². The lowest BCUT2D eigenvalue weighted by Crippen LogP contribution is -1.89. The molecule has 0 N–H and O–H groups in total. The van der Waals surface area contributed by atoms with E-state index in [1.807, 2.05) is 32.1 Å². The summed E-state index contributed by atoms with van der Waals surface area (Å²) in [4.78, 5) is 9.73. The Hall–Kier alpha value is -2.10. The lowest BCUT2D eigenvalue weighted by atomic mass is 10.1. The van der Waals surface area contributed by atoms with Crippen LogP contribution in [0.1, 0.15) is 25.0 Å². The molecule has 0 radical (unpaired) electrons. The van der Waals surface area contributed by atoms with E-state index in [4.69, 9.17) is 4.74 Å². The molecule has 17 heavy (non-hydrogen) atoms. The molecule has 0 spiro atoms. The van der Waals surface area contributed by atoms with Gasteiger partial charge in [0.15, 0.2) is 0 Å². The van der Waals surface area contributed by atoms with Gasteiger partial charge in [0, 0.05) is 11.6 Å². The summed E-state index contributed by atoms with van der Waals surface area (Å²) in [5.74, 6) is 0.705. The van der Waals surface area contributed by atoms with Gasteiger partial charge < -0.3 is 4.74 Å². The molecule has 1 rings (SSSR count). The van der Waals surface area contributed by atoms with Crippen LogP contribution in [-0.2, 0) is 0 Å². The molecule has 0 saturated carbocycles. The van der Waals surface area contributed by atoms with Gasteiger partial charge in [0.2, 0.25) is 6.20 Å². The van der Waals surface area contributed by atoms with E-state index in [2.05, 4.69) is 0 Å². The molecule has 0 aliphatic rings. The van der Waals surface area contributed by atoms with Crippen molar-refractivity contribution < 1.29 is 9.66 Å². The fourth-order valence-electron chi connectivity index (χ4n) is 1.41.